The van der Waals surface area contributed by atoms with Gasteiger partial charge in [0, 0.05) is 29.5 Å². The molecule has 0 fully saturated rings. The van der Waals surface area contributed by atoms with Crippen LogP contribution in [0.4, 0.5) is 11.4 Å². The summed E-state index contributed by atoms with van der Waals surface area (Å²) in [6.07, 6.45) is 1.10. The molecule has 1 aliphatic heterocycles. The highest BCUT2D eigenvalue weighted by molar-refractivity contribution is 6.30. The fourth-order valence-corrected chi connectivity index (χ4v) is 2.88. The van der Waals surface area contributed by atoms with Gasteiger partial charge in [-0.2, -0.15) is 0 Å². The summed E-state index contributed by atoms with van der Waals surface area (Å²) in [7, 11) is 1.97. The predicted octanol–water partition coefficient (Wildman–Crippen LogP) is 3.75. The standard InChI is InChI=1S/C16H17ClN2/c1-18-11-13-6-7-14(17)10-16(13)19-9-8-12-4-2-3-5-15(12)19/h2-7,10,18H,8-9,11H2,1H3. The van der Waals surface area contributed by atoms with Gasteiger partial charge in [-0.05, 0) is 42.8 Å². The molecule has 2 aromatic carbocycles. The lowest BCUT2D eigenvalue weighted by Gasteiger charge is -2.23. The molecule has 2 aromatic rings. The third-order valence-electron chi connectivity index (χ3n) is 3.59. The van der Waals surface area contributed by atoms with Gasteiger partial charge in [0.1, 0.15) is 0 Å². The van der Waals surface area contributed by atoms with Crippen molar-refractivity contribution in [3.05, 3.63) is 58.6 Å². The van der Waals surface area contributed by atoms with E-state index >= 15 is 0 Å². The van der Waals surface area contributed by atoms with Crippen LogP contribution in [-0.2, 0) is 13.0 Å². The van der Waals surface area contributed by atoms with Crippen LogP contribution in [0.2, 0.25) is 5.02 Å². The maximum Gasteiger partial charge on any atom is 0.0471 e. The summed E-state index contributed by atoms with van der Waals surface area (Å²) in [4.78, 5) is 2.37. The first-order valence-corrected chi connectivity index (χ1v) is 6.96. The summed E-state index contributed by atoms with van der Waals surface area (Å²) in [6, 6.07) is 14.7. The molecule has 3 heteroatoms. The highest BCUT2D eigenvalue weighted by atomic mass is 35.5. The van der Waals surface area contributed by atoms with Gasteiger partial charge >= 0.3 is 0 Å². The van der Waals surface area contributed by atoms with Crippen molar-refractivity contribution >= 4 is 23.0 Å². The Morgan fingerprint density at radius 1 is 1.16 bits per heavy atom. The highest BCUT2D eigenvalue weighted by Gasteiger charge is 2.21. The molecule has 0 saturated heterocycles. The van der Waals surface area contributed by atoms with Crippen molar-refractivity contribution in [2.75, 3.05) is 18.5 Å². The number of nitrogens with one attached hydrogen (secondary N) is 1. The fourth-order valence-electron chi connectivity index (χ4n) is 2.72. The Labute approximate surface area is 119 Å². The van der Waals surface area contributed by atoms with Gasteiger partial charge in [0.05, 0.1) is 0 Å². The topological polar surface area (TPSA) is 15.3 Å². The van der Waals surface area contributed by atoms with Crippen LogP contribution < -0.4 is 10.2 Å². The minimum absolute atomic E-state index is 0.791. The number of benzene rings is 2. The second-order valence-electron chi connectivity index (χ2n) is 4.83. The van der Waals surface area contributed by atoms with Crippen molar-refractivity contribution in [1.29, 1.82) is 0 Å². The van der Waals surface area contributed by atoms with Gasteiger partial charge in [-0.3, -0.25) is 0 Å². The molecule has 0 unspecified atom stereocenters. The molecule has 0 atom stereocenters. The average molecular weight is 273 g/mol. The van der Waals surface area contributed by atoms with E-state index in [1.54, 1.807) is 0 Å². The second kappa shape index (κ2) is 5.24. The summed E-state index contributed by atoms with van der Waals surface area (Å²) in [5.74, 6) is 0. The number of halogens is 1. The lowest BCUT2D eigenvalue weighted by Crippen LogP contribution is -2.17. The van der Waals surface area contributed by atoms with Crippen LogP contribution in [0, 0.1) is 0 Å². The van der Waals surface area contributed by atoms with Gasteiger partial charge in [0.25, 0.3) is 0 Å². The molecule has 3 rings (SSSR count). The van der Waals surface area contributed by atoms with Crippen molar-refractivity contribution in [1.82, 2.24) is 5.32 Å². The quantitative estimate of drug-likeness (QED) is 0.915. The first-order valence-electron chi connectivity index (χ1n) is 6.58. The minimum atomic E-state index is 0.791. The Morgan fingerprint density at radius 3 is 2.84 bits per heavy atom. The highest BCUT2D eigenvalue weighted by Crippen LogP contribution is 2.37. The molecule has 98 valence electrons. The average Bonchev–Trinajstić information content (AvgIpc) is 2.85. The molecular formula is C16H17ClN2. The molecule has 0 saturated carbocycles. The molecule has 19 heavy (non-hydrogen) atoms. The van der Waals surface area contributed by atoms with Gasteiger partial charge in [0.15, 0.2) is 0 Å². The molecule has 1 heterocycles. The van der Waals surface area contributed by atoms with Gasteiger partial charge in [0.2, 0.25) is 0 Å². The zero-order valence-electron chi connectivity index (χ0n) is 11.0. The lowest BCUT2D eigenvalue weighted by atomic mass is 10.1. The molecule has 0 aromatic heterocycles. The van der Waals surface area contributed by atoms with Crippen LogP contribution in [0.25, 0.3) is 0 Å². The van der Waals surface area contributed by atoms with Crippen LogP contribution in [0.3, 0.4) is 0 Å². The molecule has 1 N–H and O–H groups in total. The molecule has 2 nitrogen and oxygen atoms in total. The number of hydrogen-bond acceptors (Lipinski definition) is 2. The summed E-state index contributed by atoms with van der Waals surface area (Å²) < 4.78 is 0. The smallest absolute Gasteiger partial charge is 0.0471 e. The predicted molar refractivity (Wildman–Crippen MR) is 81.4 cm³/mol. The Balaban J connectivity index is 2.05. The van der Waals surface area contributed by atoms with Gasteiger partial charge in [-0.25, -0.2) is 0 Å². The number of anilines is 2. The van der Waals surface area contributed by atoms with Gasteiger partial charge < -0.3 is 10.2 Å². The number of nitrogens with zero attached hydrogens (tertiary/aromatic N) is 1. The Morgan fingerprint density at radius 2 is 2.00 bits per heavy atom. The third kappa shape index (κ3) is 2.34. The first kappa shape index (κ1) is 12.5. The maximum absolute atomic E-state index is 6.18. The van der Waals surface area contributed by atoms with Gasteiger partial charge in [-0.15, -0.1) is 0 Å². The van der Waals surface area contributed by atoms with Crippen LogP contribution in [0.15, 0.2) is 42.5 Å². The lowest BCUT2D eigenvalue weighted by molar-refractivity contribution is 0.813. The molecule has 1 aliphatic rings. The third-order valence-corrected chi connectivity index (χ3v) is 3.83. The molecule has 0 amide bonds. The zero-order valence-corrected chi connectivity index (χ0v) is 11.7. The van der Waals surface area contributed by atoms with Crippen molar-refractivity contribution in [2.45, 2.75) is 13.0 Å². The van der Waals surface area contributed by atoms with E-state index in [4.69, 9.17) is 11.6 Å². The second-order valence-corrected chi connectivity index (χ2v) is 5.27. The Hall–Kier alpha value is -1.51. The van der Waals surface area contributed by atoms with E-state index in [1.165, 1.54) is 22.5 Å². The normalized spacial score (nSPS) is 13.7. The zero-order chi connectivity index (χ0) is 13.2. The van der Waals surface area contributed by atoms with E-state index in [1.807, 2.05) is 13.1 Å². The maximum atomic E-state index is 6.18. The van der Waals surface area contributed by atoms with E-state index < -0.39 is 0 Å². The Bertz CT molecular complexity index is 595. The van der Waals surface area contributed by atoms with E-state index in [-0.39, 0.29) is 0 Å². The van der Waals surface area contributed by atoms with Crippen LogP contribution in [0.5, 0.6) is 0 Å². The van der Waals surface area contributed by atoms with E-state index in [0.29, 0.717) is 0 Å². The van der Waals surface area contributed by atoms with Crippen molar-refractivity contribution < 1.29 is 0 Å². The van der Waals surface area contributed by atoms with Crippen LogP contribution in [0.1, 0.15) is 11.1 Å². The Kier molecular flexibility index (Phi) is 3.45. The van der Waals surface area contributed by atoms with Gasteiger partial charge in [-0.1, -0.05) is 35.9 Å². The fraction of sp³-hybridized carbons (Fsp3) is 0.250. The molecule has 0 bridgehead atoms. The molecule has 0 aliphatic carbocycles. The summed E-state index contributed by atoms with van der Waals surface area (Å²) in [5.41, 5.74) is 5.22. The summed E-state index contributed by atoms with van der Waals surface area (Å²) in [6.45, 7) is 1.88. The SMILES string of the molecule is CNCc1ccc(Cl)cc1N1CCc2ccccc21. The van der Waals surface area contributed by atoms with Crippen LogP contribution >= 0.6 is 11.6 Å². The van der Waals surface area contributed by atoms with E-state index in [0.717, 1.165) is 24.5 Å². The number of para-hydroxylation sites is 1. The first-order chi connectivity index (χ1) is 9.29. The van der Waals surface area contributed by atoms with Crippen molar-refractivity contribution in [2.24, 2.45) is 0 Å². The number of hydrogen-bond donors (Lipinski definition) is 1. The molecule has 0 spiro atoms. The van der Waals surface area contributed by atoms with E-state index in [2.05, 4.69) is 46.6 Å². The number of rotatable bonds is 3. The van der Waals surface area contributed by atoms with E-state index in [9.17, 15) is 0 Å². The summed E-state index contributed by atoms with van der Waals surface area (Å²) >= 11 is 6.18. The largest absolute Gasteiger partial charge is 0.341 e. The molecule has 0 radical (unpaired) electrons. The van der Waals surface area contributed by atoms with Crippen LogP contribution in [-0.4, -0.2) is 13.6 Å². The summed E-state index contributed by atoms with van der Waals surface area (Å²) in [5, 5.41) is 4.01. The minimum Gasteiger partial charge on any atom is -0.341 e. The number of fused-ring (bicyclic) bond motifs is 1. The van der Waals surface area contributed by atoms with Crippen molar-refractivity contribution in [3.63, 3.8) is 0 Å². The monoisotopic (exact) mass is 272 g/mol. The van der Waals surface area contributed by atoms with Crippen molar-refractivity contribution in [3.8, 4) is 0 Å². The molecular weight excluding hydrogens is 256 g/mol.